The first-order chi connectivity index (χ1) is 16.8. The molecular formula is C29H25BN2O3. The molecule has 6 aromatic rings. The Hall–Kier alpha value is -3.61. The predicted molar refractivity (Wildman–Crippen MR) is 142 cm³/mol. The summed E-state index contributed by atoms with van der Waals surface area (Å²) in [5.41, 5.74) is 5.25. The Bertz CT molecular complexity index is 1750. The van der Waals surface area contributed by atoms with Crippen molar-refractivity contribution in [1.82, 2.24) is 9.55 Å². The van der Waals surface area contributed by atoms with Gasteiger partial charge in [0, 0.05) is 28.0 Å². The van der Waals surface area contributed by atoms with E-state index >= 15 is 0 Å². The first kappa shape index (κ1) is 20.7. The normalized spacial score (nSPS) is 17.3. The monoisotopic (exact) mass is 460 g/mol. The highest BCUT2D eigenvalue weighted by Gasteiger charge is 2.51. The Morgan fingerprint density at radius 1 is 0.743 bits per heavy atom. The average molecular weight is 460 g/mol. The minimum atomic E-state index is -0.385. The van der Waals surface area contributed by atoms with Crippen molar-refractivity contribution in [3.63, 3.8) is 0 Å². The van der Waals surface area contributed by atoms with Gasteiger partial charge in [-0.15, -0.1) is 0 Å². The molecule has 0 aliphatic carbocycles. The molecule has 1 aliphatic heterocycles. The van der Waals surface area contributed by atoms with Crippen LogP contribution in [0, 0.1) is 0 Å². The van der Waals surface area contributed by atoms with E-state index in [9.17, 15) is 0 Å². The molecule has 172 valence electrons. The molecule has 1 saturated heterocycles. The molecule has 7 rings (SSSR count). The van der Waals surface area contributed by atoms with Gasteiger partial charge in [0.25, 0.3) is 0 Å². The number of hydrogen-bond acceptors (Lipinski definition) is 4. The molecule has 0 radical (unpaired) electrons. The van der Waals surface area contributed by atoms with E-state index in [4.69, 9.17) is 13.7 Å². The van der Waals surface area contributed by atoms with Gasteiger partial charge in [-0.3, -0.25) is 4.98 Å². The quantitative estimate of drug-likeness (QED) is 0.282. The van der Waals surface area contributed by atoms with Gasteiger partial charge in [0.2, 0.25) is 0 Å². The van der Waals surface area contributed by atoms with E-state index in [2.05, 4.69) is 91.8 Å². The molecule has 0 bridgehead atoms. The van der Waals surface area contributed by atoms with Crippen LogP contribution in [-0.2, 0) is 9.31 Å². The van der Waals surface area contributed by atoms with Gasteiger partial charge in [-0.25, -0.2) is 0 Å². The molecule has 0 saturated carbocycles. The number of furan rings is 1. The minimum Gasteiger partial charge on any atom is -0.455 e. The standard InChI is InChI=1S/C29H25BN2O3/c1-28(2)29(3,4)35-30(34-28)18-9-11-19(12-10-18)32-23-14-13-21-20-7-5-6-8-25(20)33-27(21)26(23)22-15-16-31-17-24(22)32/h5-17H,1-4H3. The molecule has 6 heteroatoms. The van der Waals surface area contributed by atoms with Crippen LogP contribution in [0.15, 0.2) is 83.5 Å². The van der Waals surface area contributed by atoms with Crippen LogP contribution >= 0.6 is 0 Å². The number of fused-ring (bicyclic) bond motifs is 7. The van der Waals surface area contributed by atoms with E-state index in [1.54, 1.807) is 0 Å². The Balaban J connectivity index is 1.42. The fraction of sp³-hybridized carbons (Fsp3) is 0.207. The maximum atomic E-state index is 6.38. The fourth-order valence-corrected chi connectivity index (χ4v) is 5.17. The van der Waals surface area contributed by atoms with Gasteiger partial charge >= 0.3 is 7.12 Å². The molecule has 35 heavy (non-hydrogen) atoms. The third-order valence-corrected chi connectivity index (χ3v) is 7.75. The summed E-state index contributed by atoms with van der Waals surface area (Å²) < 4.78 is 21.1. The van der Waals surface area contributed by atoms with Gasteiger partial charge in [0.05, 0.1) is 33.8 Å². The lowest BCUT2D eigenvalue weighted by molar-refractivity contribution is 0.00578. The SMILES string of the molecule is CC1(C)OB(c2ccc(-n3c4cnccc4c4c5oc6ccccc6c5ccc43)cc2)OC1(C)C. The largest absolute Gasteiger partial charge is 0.494 e. The molecule has 4 heterocycles. The second-order valence-corrected chi connectivity index (χ2v) is 10.3. The topological polar surface area (TPSA) is 49.4 Å². The van der Waals surface area contributed by atoms with Gasteiger partial charge in [-0.1, -0.05) is 30.3 Å². The van der Waals surface area contributed by atoms with Crippen molar-refractivity contribution in [1.29, 1.82) is 0 Å². The predicted octanol–water partition coefficient (Wildman–Crippen LogP) is 6.38. The van der Waals surface area contributed by atoms with Crippen LogP contribution in [0.1, 0.15) is 27.7 Å². The van der Waals surface area contributed by atoms with Gasteiger partial charge < -0.3 is 18.3 Å². The number of para-hydroxylation sites is 1. The summed E-state index contributed by atoms with van der Waals surface area (Å²) in [6, 6.07) is 23.0. The molecule has 3 aromatic carbocycles. The molecule has 3 aromatic heterocycles. The molecular weight excluding hydrogens is 435 g/mol. The van der Waals surface area contributed by atoms with Gasteiger partial charge in [0.15, 0.2) is 0 Å². The highest BCUT2D eigenvalue weighted by Crippen LogP contribution is 2.40. The number of benzene rings is 3. The van der Waals surface area contributed by atoms with Crippen LogP contribution in [0.25, 0.3) is 49.4 Å². The van der Waals surface area contributed by atoms with Crippen molar-refractivity contribution in [3.8, 4) is 5.69 Å². The lowest BCUT2D eigenvalue weighted by Gasteiger charge is -2.32. The van der Waals surface area contributed by atoms with Crippen LogP contribution in [0.4, 0.5) is 0 Å². The third kappa shape index (κ3) is 2.87. The highest BCUT2D eigenvalue weighted by atomic mass is 16.7. The Kier molecular flexibility index (Phi) is 4.13. The second kappa shape index (κ2) is 6.97. The third-order valence-electron chi connectivity index (χ3n) is 7.75. The van der Waals surface area contributed by atoms with Crippen molar-refractivity contribution >= 4 is 56.3 Å². The van der Waals surface area contributed by atoms with Crippen LogP contribution in [-0.4, -0.2) is 27.9 Å². The van der Waals surface area contributed by atoms with Crippen molar-refractivity contribution < 1.29 is 13.7 Å². The van der Waals surface area contributed by atoms with Crippen molar-refractivity contribution in [2.24, 2.45) is 0 Å². The number of aromatic nitrogens is 2. The Morgan fingerprint density at radius 2 is 1.49 bits per heavy atom. The van der Waals surface area contributed by atoms with E-state index in [-0.39, 0.29) is 18.3 Å². The molecule has 1 fully saturated rings. The van der Waals surface area contributed by atoms with E-state index < -0.39 is 0 Å². The van der Waals surface area contributed by atoms with Gasteiger partial charge in [-0.05, 0) is 69.6 Å². The van der Waals surface area contributed by atoms with Crippen LogP contribution in [0.5, 0.6) is 0 Å². The first-order valence-corrected chi connectivity index (χ1v) is 12.0. The zero-order valence-electron chi connectivity index (χ0n) is 20.2. The van der Waals surface area contributed by atoms with Crippen LogP contribution in [0.3, 0.4) is 0 Å². The number of rotatable bonds is 2. The maximum Gasteiger partial charge on any atom is 0.494 e. The summed E-state index contributed by atoms with van der Waals surface area (Å²) in [5.74, 6) is 0. The number of nitrogens with zero attached hydrogens (tertiary/aromatic N) is 2. The maximum absolute atomic E-state index is 6.38. The fourth-order valence-electron chi connectivity index (χ4n) is 5.17. The summed E-state index contributed by atoms with van der Waals surface area (Å²) in [5, 5.41) is 4.48. The van der Waals surface area contributed by atoms with E-state index in [1.807, 2.05) is 24.5 Å². The molecule has 0 amide bonds. The smallest absolute Gasteiger partial charge is 0.455 e. The molecule has 1 aliphatic rings. The van der Waals surface area contributed by atoms with Crippen LogP contribution < -0.4 is 5.46 Å². The van der Waals surface area contributed by atoms with Gasteiger partial charge in [0.1, 0.15) is 11.2 Å². The second-order valence-electron chi connectivity index (χ2n) is 10.3. The van der Waals surface area contributed by atoms with Crippen LogP contribution in [0.2, 0.25) is 0 Å². The highest BCUT2D eigenvalue weighted by molar-refractivity contribution is 6.62. The van der Waals surface area contributed by atoms with Crippen molar-refractivity contribution in [3.05, 3.63) is 79.1 Å². The van der Waals surface area contributed by atoms with E-state index in [0.29, 0.717) is 0 Å². The Labute approximate surface area is 203 Å². The number of pyridine rings is 1. The average Bonchev–Trinajstić information content (AvgIpc) is 3.45. The van der Waals surface area contributed by atoms with E-state index in [0.717, 1.165) is 54.9 Å². The lowest BCUT2D eigenvalue weighted by Crippen LogP contribution is -2.41. The number of hydrogen-bond donors (Lipinski definition) is 0. The van der Waals surface area contributed by atoms with E-state index in [1.165, 1.54) is 0 Å². The van der Waals surface area contributed by atoms with Gasteiger partial charge in [-0.2, -0.15) is 0 Å². The van der Waals surface area contributed by atoms with Crippen molar-refractivity contribution in [2.75, 3.05) is 0 Å². The molecule has 0 atom stereocenters. The van der Waals surface area contributed by atoms with Crippen molar-refractivity contribution in [2.45, 2.75) is 38.9 Å². The first-order valence-electron chi connectivity index (χ1n) is 12.0. The molecule has 0 N–H and O–H groups in total. The minimum absolute atomic E-state index is 0.368. The Morgan fingerprint density at radius 3 is 2.26 bits per heavy atom. The summed E-state index contributed by atoms with van der Waals surface area (Å²) in [6.07, 6.45) is 3.76. The molecule has 5 nitrogen and oxygen atoms in total. The zero-order chi connectivity index (χ0) is 23.9. The summed E-state index contributed by atoms with van der Waals surface area (Å²) in [4.78, 5) is 4.44. The lowest BCUT2D eigenvalue weighted by atomic mass is 9.79. The summed E-state index contributed by atoms with van der Waals surface area (Å²) in [6.45, 7) is 8.30. The molecule has 0 unspecified atom stereocenters. The molecule has 0 spiro atoms. The summed E-state index contributed by atoms with van der Waals surface area (Å²) in [7, 11) is -0.385. The summed E-state index contributed by atoms with van der Waals surface area (Å²) >= 11 is 0. The zero-order valence-corrected chi connectivity index (χ0v) is 20.2.